The number of benzene rings is 4. The first-order chi connectivity index (χ1) is 24.6. The van der Waals surface area contributed by atoms with Crippen molar-refractivity contribution in [3.8, 4) is 28.5 Å². The molecule has 2 heterocycles. The summed E-state index contributed by atoms with van der Waals surface area (Å²) in [4.78, 5) is 42.2. The molecule has 1 aliphatic carbocycles. The van der Waals surface area contributed by atoms with Crippen LogP contribution in [-0.2, 0) is 16.1 Å². The quantitative estimate of drug-likeness (QED) is 0.120. The molecule has 13 heteroatoms. The lowest BCUT2D eigenvalue weighted by Crippen LogP contribution is -2.35. The van der Waals surface area contributed by atoms with Crippen LogP contribution in [0.5, 0.6) is 17.2 Å². The summed E-state index contributed by atoms with van der Waals surface area (Å²) in [7, 11) is 1.58. The van der Waals surface area contributed by atoms with Gasteiger partial charge in [-0.05, 0) is 85.1 Å². The lowest BCUT2D eigenvalue weighted by atomic mass is 10.0. The minimum absolute atomic E-state index is 0.102. The molecule has 6 aromatic rings. The first-order valence-corrected chi connectivity index (χ1v) is 15.8. The molecule has 0 saturated heterocycles. The van der Waals surface area contributed by atoms with Crippen LogP contribution >= 0.6 is 0 Å². The number of carbonyl (C=O) groups excluding carboxylic acids is 2. The van der Waals surface area contributed by atoms with Crippen molar-refractivity contribution in [3.05, 3.63) is 126 Å². The minimum atomic E-state index is -1.33. The number of aromatic carboxylic acids is 1. The molecule has 51 heavy (non-hydrogen) atoms. The Morgan fingerprint density at radius 2 is 1.51 bits per heavy atom. The number of aromatic nitrogens is 3. The number of pyridine rings is 1. The van der Waals surface area contributed by atoms with Crippen molar-refractivity contribution in [2.45, 2.75) is 19.4 Å². The molecule has 0 unspecified atom stereocenters. The minimum Gasteiger partial charge on any atom is -0.497 e. The summed E-state index contributed by atoms with van der Waals surface area (Å²) in [5.74, 6) is -2.64. The number of rotatable bonds is 11. The first kappa shape index (κ1) is 32.9. The lowest BCUT2D eigenvalue weighted by Gasteiger charge is -2.16. The summed E-state index contributed by atoms with van der Waals surface area (Å²) in [6, 6.07) is 24.3. The number of nitrogens with one attached hydrogen (secondary N) is 2. The number of amides is 2. The number of carboxylic acid groups (broad SMARTS) is 1. The Morgan fingerprint density at radius 1 is 0.843 bits per heavy atom. The highest BCUT2D eigenvalue weighted by molar-refractivity contribution is 6.17. The molecule has 3 N–H and O–H groups in total. The van der Waals surface area contributed by atoms with Gasteiger partial charge in [0.15, 0.2) is 17.2 Å². The van der Waals surface area contributed by atoms with Crippen LogP contribution in [0, 0.1) is 17.0 Å². The summed E-state index contributed by atoms with van der Waals surface area (Å²) >= 11 is 0. The van der Waals surface area contributed by atoms with Crippen molar-refractivity contribution in [1.82, 2.24) is 14.8 Å². The van der Waals surface area contributed by atoms with Gasteiger partial charge in [-0.15, -0.1) is 0 Å². The van der Waals surface area contributed by atoms with Crippen molar-refractivity contribution in [1.29, 1.82) is 0 Å². The third-order valence-electron chi connectivity index (χ3n) is 8.62. The molecule has 0 radical (unpaired) electrons. The molecule has 0 spiro atoms. The van der Waals surface area contributed by atoms with Crippen LogP contribution in [0.2, 0.25) is 0 Å². The van der Waals surface area contributed by atoms with Crippen molar-refractivity contribution in [3.63, 3.8) is 0 Å². The van der Waals surface area contributed by atoms with Crippen LogP contribution in [-0.4, -0.2) is 44.8 Å². The van der Waals surface area contributed by atoms with Gasteiger partial charge in [-0.1, -0.05) is 24.3 Å². The van der Waals surface area contributed by atoms with Crippen molar-refractivity contribution >= 4 is 40.2 Å². The number of carbonyl (C=O) groups is 3. The summed E-state index contributed by atoms with van der Waals surface area (Å²) in [5.41, 5.74) is 1.63. The van der Waals surface area contributed by atoms with Crippen LogP contribution < -0.4 is 20.1 Å². The fourth-order valence-electron chi connectivity index (χ4n) is 5.64. The molecule has 11 nitrogen and oxygen atoms in total. The Hall–Kier alpha value is -6.63. The second-order valence-electron chi connectivity index (χ2n) is 12.0. The molecule has 1 fully saturated rings. The van der Waals surface area contributed by atoms with E-state index in [1.54, 1.807) is 30.0 Å². The average Bonchev–Trinajstić information content (AvgIpc) is 3.88. The van der Waals surface area contributed by atoms with E-state index in [9.17, 15) is 23.9 Å². The fraction of sp³-hybridized carbons (Fsp3) is 0.132. The van der Waals surface area contributed by atoms with Crippen LogP contribution in [0.3, 0.4) is 0 Å². The predicted octanol–water partition coefficient (Wildman–Crippen LogP) is 7.28. The maximum absolute atomic E-state index is 15.6. The first-order valence-electron chi connectivity index (χ1n) is 15.8. The second-order valence-corrected chi connectivity index (χ2v) is 12.0. The molecular weight excluding hydrogens is 660 g/mol. The number of methoxy groups -OCH3 is 1. The van der Waals surface area contributed by atoms with Gasteiger partial charge in [0, 0.05) is 29.2 Å². The smallest absolute Gasteiger partial charge is 0.335 e. The molecule has 256 valence electrons. The molecule has 1 saturated carbocycles. The highest BCUT2D eigenvalue weighted by Crippen LogP contribution is 2.48. The molecule has 1 aliphatic rings. The average molecular weight is 690 g/mol. The zero-order chi connectivity index (χ0) is 35.7. The van der Waals surface area contributed by atoms with Crippen molar-refractivity contribution in [2.75, 3.05) is 17.7 Å². The van der Waals surface area contributed by atoms with Crippen LogP contribution in [0.1, 0.15) is 28.8 Å². The monoisotopic (exact) mass is 689 g/mol. The number of ether oxygens (including phenoxy) is 2. The summed E-state index contributed by atoms with van der Waals surface area (Å²) < 4.78 is 41.9. The van der Waals surface area contributed by atoms with E-state index >= 15 is 4.39 Å². The van der Waals surface area contributed by atoms with Crippen LogP contribution in [0.25, 0.3) is 22.3 Å². The number of fused-ring (bicyclic) bond motifs is 1. The molecule has 0 atom stereocenters. The van der Waals surface area contributed by atoms with E-state index in [4.69, 9.17) is 14.6 Å². The molecular formula is C38H29F2N5O6. The Labute approximate surface area is 289 Å². The Balaban J connectivity index is 1.16. The molecule has 0 aliphatic heterocycles. The maximum Gasteiger partial charge on any atom is 0.335 e. The maximum atomic E-state index is 15.6. The zero-order valence-corrected chi connectivity index (χ0v) is 27.0. The van der Waals surface area contributed by atoms with Gasteiger partial charge >= 0.3 is 5.97 Å². The number of hydrogen-bond donors (Lipinski definition) is 3. The molecule has 0 bridgehead atoms. The number of carboxylic acids is 1. The van der Waals surface area contributed by atoms with Gasteiger partial charge in [-0.2, -0.15) is 5.10 Å². The van der Waals surface area contributed by atoms with E-state index in [-0.39, 0.29) is 22.7 Å². The number of nitrogens with zero attached hydrogens (tertiary/aromatic N) is 3. The number of halogens is 2. The number of hydrogen-bond acceptors (Lipinski definition) is 7. The third kappa shape index (κ3) is 6.69. The van der Waals surface area contributed by atoms with Gasteiger partial charge < -0.3 is 25.2 Å². The molecule has 2 aromatic heterocycles. The second kappa shape index (κ2) is 13.3. The third-order valence-corrected chi connectivity index (χ3v) is 8.62. The topological polar surface area (TPSA) is 145 Å². The van der Waals surface area contributed by atoms with E-state index in [2.05, 4.69) is 15.6 Å². The predicted molar refractivity (Wildman–Crippen MR) is 184 cm³/mol. The van der Waals surface area contributed by atoms with Crippen molar-refractivity contribution in [2.24, 2.45) is 5.41 Å². The Bertz CT molecular complexity index is 2290. The SMILES string of the molecule is COc1ccc(Cn2nc(-c3ccc(C(=O)O)cc3)c3c(Oc4ccc(NC(=O)C5(C(=O)Nc6ccc(F)cc6)CC5)cc4F)ccnc32)cc1. The van der Waals surface area contributed by atoms with E-state index in [1.807, 2.05) is 24.3 Å². The van der Waals surface area contributed by atoms with Gasteiger partial charge in [0.25, 0.3) is 0 Å². The van der Waals surface area contributed by atoms with Gasteiger partial charge in [-0.25, -0.2) is 23.2 Å². The summed E-state index contributed by atoms with van der Waals surface area (Å²) in [6.45, 7) is 0.330. The van der Waals surface area contributed by atoms with Crippen LogP contribution in [0.4, 0.5) is 20.2 Å². The Morgan fingerprint density at radius 3 is 2.14 bits per heavy atom. The zero-order valence-electron chi connectivity index (χ0n) is 27.0. The van der Waals surface area contributed by atoms with Crippen molar-refractivity contribution < 1.29 is 37.7 Å². The number of anilines is 2. The molecule has 2 amide bonds. The summed E-state index contributed by atoms with van der Waals surface area (Å²) in [5, 5.41) is 20.0. The molecule has 7 rings (SSSR count). The Kier molecular flexibility index (Phi) is 8.61. The standard InChI is InChI=1S/C38H29F2N5O6/c1-50-28-13-2-22(3-14-28)21-45-34-32(33(44-45)23-4-6-24(7-5-23)35(46)47)31(16-19-41-34)51-30-15-12-27(20-29(30)40)43-37(49)38(17-18-38)36(48)42-26-10-8-25(39)9-11-26/h2-16,19-20H,17-18,21H2,1H3,(H,42,48)(H,43,49)(H,46,47). The van der Waals surface area contributed by atoms with Gasteiger partial charge in [0.1, 0.15) is 28.4 Å². The fourth-order valence-corrected chi connectivity index (χ4v) is 5.64. The van der Waals surface area contributed by atoms with E-state index < -0.39 is 34.8 Å². The van der Waals surface area contributed by atoms with Gasteiger partial charge in [-0.3, -0.25) is 9.59 Å². The van der Waals surface area contributed by atoms with Gasteiger partial charge in [0.2, 0.25) is 11.8 Å². The molecule has 4 aromatic carbocycles. The van der Waals surface area contributed by atoms with E-state index in [0.717, 1.165) is 11.6 Å². The largest absolute Gasteiger partial charge is 0.497 e. The summed E-state index contributed by atoms with van der Waals surface area (Å²) in [6.07, 6.45) is 2.13. The van der Waals surface area contributed by atoms with E-state index in [0.29, 0.717) is 53.1 Å². The van der Waals surface area contributed by atoms with E-state index in [1.165, 1.54) is 54.7 Å². The normalized spacial score (nSPS) is 13.0. The van der Waals surface area contributed by atoms with Gasteiger partial charge in [0.05, 0.1) is 24.6 Å². The highest BCUT2D eigenvalue weighted by Gasteiger charge is 2.56. The van der Waals surface area contributed by atoms with Crippen LogP contribution in [0.15, 0.2) is 103 Å². The highest BCUT2D eigenvalue weighted by atomic mass is 19.1. The lowest BCUT2D eigenvalue weighted by molar-refractivity contribution is -0.131.